The number of hydrogen-bond donors (Lipinski definition) is 1. The third-order valence-corrected chi connectivity index (χ3v) is 2.19. The number of rotatable bonds is 4. The summed E-state index contributed by atoms with van der Waals surface area (Å²) in [5, 5.41) is 7.53. The lowest BCUT2D eigenvalue weighted by molar-refractivity contribution is -0.125. The number of hydrogen-bond acceptors (Lipinski definition) is 2. The number of amides is 1. The molecule has 0 saturated carbocycles. The van der Waals surface area contributed by atoms with Crippen LogP contribution in [0.4, 0.5) is 0 Å². The molecule has 0 bridgehead atoms. The molecule has 3 heteroatoms. The molecule has 1 rings (SSSR count). The zero-order chi connectivity index (χ0) is 9.84. The Labute approximate surface area is 78.9 Å². The fourth-order valence-electron chi connectivity index (χ4n) is 1.49. The van der Waals surface area contributed by atoms with Crippen molar-refractivity contribution in [1.82, 2.24) is 4.90 Å². The first-order chi connectivity index (χ1) is 6.15. The van der Waals surface area contributed by atoms with E-state index in [1.54, 1.807) is 0 Å². The number of nitrogens with one attached hydrogen (secondary N) is 1. The molecule has 0 aromatic carbocycles. The Morgan fingerprint density at radius 1 is 1.62 bits per heavy atom. The predicted octanol–water partition coefficient (Wildman–Crippen LogP) is 1.94. The molecular weight excluding hydrogens is 164 g/mol. The largest absolute Gasteiger partial charge is 0.297 e. The maximum atomic E-state index is 11.3. The van der Waals surface area contributed by atoms with Crippen LogP contribution in [0.3, 0.4) is 0 Å². The second-order valence-electron chi connectivity index (χ2n) is 3.43. The molecule has 1 fully saturated rings. The SMILES string of the molecule is C=C(CCC)CN1C(=N)CCC1=O. The van der Waals surface area contributed by atoms with Gasteiger partial charge in [0.2, 0.25) is 5.91 Å². The van der Waals surface area contributed by atoms with Crippen molar-refractivity contribution in [2.45, 2.75) is 32.6 Å². The first kappa shape index (κ1) is 9.96. The number of nitrogens with zero attached hydrogens (tertiary/aromatic N) is 1. The third-order valence-electron chi connectivity index (χ3n) is 2.19. The summed E-state index contributed by atoms with van der Waals surface area (Å²) in [6.45, 7) is 6.52. The standard InChI is InChI=1S/C10H16N2O/c1-3-4-8(2)7-12-9(11)5-6-10(12)13/h11H,2-7H2,1H3. The van der Waals surface area contributed by atoms with Gasteiger partial charge in [0.25, 0.3) is 0 Å². The fraction of sp³-hybridized carbons (Fsp3) is 0.600. The third kappa shape index (κ3) is 2.41. The summed E-state index contributed by atoms with van der Waals surface area (Å²) in [6.07, 6.45) is 3.09. The predicted molar refractivity (Wildman–Crippen MR) is 52.7 cm³/mol. The van der Waals surface area contributed by atoms with Crippen LogP contribution in [0.2, 0.25) is 0 Å². The van der Waals surface area contributed by atoms with Gasteiger partial charge in [0.15, 0.2) is 0 Å². The van der Waals surface area contributed by atoms with Gasteiger partial charge in [0.05, 0.1) is 0 Å². The van der Waals surface area contributed by atoms with Crippen LogP contribution in [0.25, 0.3) is 0 Å². The number of carbonyl (C=O) groups excluding carboxylic acids is 1. The van der Waals surface area contributed by atoms with Crippen molar-refractivity contribution in [2.75, 3.05) is 6.54 Å². The number of carbonyl (C=O) groups is 1. The van der Waals surface area contributed by atoms with Crippen molar-refractivity contribution in [3.63, 3.8) is 0 Å². The first-order valence-corrected chi connectivity index (χ1v) is 4.69. The van der Waals surface area contributed by atoms with Gasteiger partial charge >= 0.3 is 0 Å². The van der Waals surface area contributed by atoms with Crippen LogP contribution in [0.5, 0.6) is 0 Å². The molecule has 0 aromatic rings. The highest BCUT2D eigenvalue weighted by Crippen LogP contribution is 2.15. The number of likely N-dealkylation sites (tertiary alicyclic amines) is 1. The minimum Gasteiger partial charge on any atom is -0.297 e. The molecule has 0 aliphatic carbocycles. The highest BCUT2D eigenvalue weighted by atomic mass is 16.2. The highest BCUT2D eigenvalue weighted by molar-refractivity contribution is 6.03. The average Bonchev–Trinajstić information content (AvgIpc) is 2.36. The Balaban J connectivity index is 2.48. The van der Waals surface area contributed by atoms with Crippen LogP contribution in [0.15, 0.2) is 12.2 Å². The molecule has 3 nitrogen and oxygen atoms in total. The van der Waals surface area contributed by atoms with Crippen LogP contribution >= 0.6 is 0 Å². The van der Waals surface area contributed by atoms with E-state index in [0.29, 0.717) is 25.2 Å². The topological polar surface area (TPSA) is 44.2 Å². The van der Waals surface area contributed by atoms with E-state index in [2.05, 4.69) is 13.5 Å². The van der Waals surface area contributed by atoms with Gasteiger partial charge < -0.3 is 0 Å². The van der Waals surface area contributed by atoms with Crippen molar-refractivity contribution in [1.29, 1.82) is 5.41 Å². The van der Waals surface area contributed by atoms with Crippen molar-refractivity contribution in [3.8, 4) is 0 Å². The van der Waals surface area contributed by atoms with Crippen LogP contribution in [-0.4, -0.2) is 23.2 Å². The van der Waals surface area contributed by atoms with E-state index in [1.807, 2.05) is 0 Å². The monoisotopic (exact) mass is 180 g/mol. The molecule has 0 unspecified atom stereocenters. The Bertz CT molecular complexity index is 229. The zero-order valence-corrected chi connectivity index (χ0v) is 8.10. The molecule has 1 saturated heterocycles. The Hall–Kier alpha value is -1.12. The van der Waals surface area contributed by atoms with Gasteiger partial charge in [-0.05, 0) is 6.42 Å². The summed E-state index contributed by atoms with van der Waals surface area (Å²) in [6, 6.07) is 0. The molecule has 0 atom stereocenters. The van der Waals surface area contributed by atoms with E-state index in [-0.39, 0.29) is 5.91 Å². The minimum atomic E-state index is 0.0715. The minimum absolute atomic E-state index is 0.0715. The summed E-state index contributed by atoms with van der Waals surface area (Å²) in [5.74, 6) is 0.518. The van der Waals surface area contributed by atoms with Crippen LogP contribution in [0.1, 0.15) is 32.6 Å². The molecule has 1 N–H and O–H groups in total. The summed E-state index contributed by atoms with van der Waals surface area (Å²) in [7, 11) is 0. The van der Waals surface area contributed by atoms with Crippen LogP contribution in [-0.2, 0) is 4.79 Å². The molecule has 0 spiro atoms. The van der Waals surface area contributed by atoms with Gasteiger partial charge in [0, 0.05) is 19.4 Å². The molecule has 1 amide bonds. The Morgan fingerprint density at radius 2 is 2.31 bits per heavy atom. The molecule has 13 heavy (non-hydrogen) atoms. The average molecular weight is 180 g/mol. The molecule has 72 valence electrons. The van der Waals surface area contributed by atoms with Crippen LogP contribution < -0.4 is 0 Å². The molecule has 1 heterocycles. The second-order valence-corrected chi connectivity index (χ2v) is 3.43. The van der Waals surface area contributed by atoms with Gasteiger partial charge in [-0.2, -0.15) is 0 Å². The lowest BCUT2D eigenvalue weighted by atomic mass is 10.2. The smallest absolute Gasteiger partial charge is 0.228 e. The first-order valence-electron chi connectivity index (χ1n) is 4.69. The van der Waals surface area contributed by atoms with E-state index >= 15 is 0 Å². The molecule has 0 radical (unpaired) electrons. The fourth-order valence-corrected chi connectivity index (χ4v) is 1.49. The number of amidine groups is 1. The zero-order valence-electron chi connectivity index (χ0n) is 8.10. The van der Waals surface area contributed by atoms with Crippen molar-refractivity contribution < 1.29 is 4.79 Å². The maximum Gasteiger partial charge on any atom is 0.228 e. The lowest BCUT2D eigenvalue weighted by Gasteiger charge is -2.16. The van der Waals surface area contributed by atoms with Gasteiger partial charge in [0.1, 0.15) is 5.84 Å². The molecule has 1 aliphatic heterocycles. The van der Waals surface area contributed by atoms with Crippen molar-refractivity contribution in [2.24, 2.45) is 0 Å². The van der Waals surface area contributed by atoms with Crippen molar-refractivity contribution >= 4 is 11.7 Å². The van der Waals surface area contributed by atoms with Gasteiger partial charge in [-0.25, -0.2) is 0 Å². The van der Waals surface area contributed by atoms with Gasteiger partial charge in [-0.1, -0.05) is 25.5 Å². The summed E-state index contributed by atoms with van der Waals surface area (Å²) in [4.78, 5) is 12.8. The highest BCUT2D eigenvalue weighted by Gasteiger charge is 2.25. The summed E-state index contributed by atoms with van der Waals surface area (Å²) in [5.41, 5.74) is 1.04. The second kappa shape index (κ2) is 4.21. The maximum absolute atomic E-state index is 11.3. The van der Waals surface area contributed by atoms with Gasteiger partial charge in [-0.15, -0.1) is 0 Å². The van der Waals surface area contributed by atoms with Crippen molar-refractivity contribution in [3.05, 3.63) is 12.2 Å². The van der Waals surface area contributed by atoms with E-state index < -0.39 is 0 Å². The summed E-state index contributed by atoms with van der Waals surface area (Å²) >= 11 is 0. The normalized spacial score (nSPS) is 16.8. The summed E-state index contributed by atoms with van der Waals surface area (Å²) < 4.78 is 0. The lowest BCUT2D eigenvalue weighted by Crippen LogP contribution is -2.30. The van der Waals surface area contributed by atoms with E-state index in [0.717, 1.165) is 18.4 Å². The van der Waals surface area contributed by atoms with Gasteiger partial charge in [-0.3, -0.25) is 15.1 Å². The Morgan fingerprint density at radius 3 is 2.77 bits per heavy atom. The van der Waals surface area contributed by atoms with E-state index in [1.165, 1.54) is 4.90 Å². The molecule has 1 aliphatic rings. The molecule has 0 aromatic heterocycles. The van der Waals surface area contributed by atoms with E-state index in [9.17, 15) is 4.79 Å². The Kier molecular flexibility index (Phi) is 3.23. The van der Waals surface area contributed by atoms with Crippen LogP contribution in [0, 0.1) is 5.41 Å². The molecular formula is C10H16N2O. The van der Waals surface area contributed by atoms with E-state index in [4.69, 9.17) is 5.41 Å². The quantitative estimate of drug-likeness (QED) is 0.660.